The molecule has 3 nitrogen and oxygen atoms in total. The summed E-state index contributed by atoms with van der Waals surface area (Å²) < 4.78 is 5.05. The fourth-order valence-electron chi connectivity index (χ4n) is 1.51. The van der Waals surface area contributed by atoms with Crippen LogP contribution in [0.1, 0.15) is 31.7 Å². The third kappa shape index (κ3) is 4.31. The van der Waals surface area contributed by atoms with E-state index < -0.39 is 5.97 Å². The first-order chi connectivity index (χ1) is 8.17. The largest absolute Gasteiger partial charge is 0.497 e. The zero-order valence-corrected chi connectivity index (χ0v) is 10.3. The molecular weight excluding hydrogens is 216 g/mol. The van der Waals surface area contributed by atoms with E-state index in [-0.39, 0.29) is 0 Å². The molecule has 92 valence electrons. The Labute approximate surface area is 102 Å². The summed E-state index contributed by atoms with van der Waals surface area (Å²) in [7, 11) is 1.61. The number of methoxy groups -OCH3 is 1. The van der Waals surface area contributed by atoms with Crippen LogP contribution in [-0.4, -0.2) is 18.2 Å². The van der Waals surface area contributed by atoms with Crippen LogP contribution in [0.15, 0.2) is 29.8 Å². The molecule has 0 saturated heterocycles. The smallest absolute Gasteiger partial charge is 0.331 e. The Hall–Kier alpha value is -1.77. The summed E-state index contributed by atoms with van der Waals surface area (Å²) in [5.41, 5.74) is 1.34. The summed E-state index contributed by atoms with van der Waals surface area (Å²) in [6, 6.07) is 7.36. The Morgan fingerprint density at radius 1 is 1.35 bits per heavy atom. The van der Waals surface area contributed by atoms with Gasteiger partial charge in [0, 0.05) is 5.57 Å². The number of ether oxygens (including phenoxy) is 1. The minimum Gasteiger partial charge on any atom is -0.497 e. The molecule has 0 fully saturated rings. The van der Waals surface area contributed by atoms with E-state index in [4.69, 9.17) is 9.84 Å². The third-order valence-corrected chi connectivity index (χ3v) is 2.53. The summed E-state index contributed by atoms with van der Waals surface area (Å²) in [5.74, 6) is -0.0677. The number of hydrogen-bond donors (Lipinski definition) is 1. The number of carbonyl (C=O) groups is 1. The van der Waals surface area contributed by atoms with E-state index in [1.54, 1.807) is 13.2 Å². The molecule has 3 heteroatoms. The summed E-state index contributed by atoms with van der Waals surface area (Å²) >= 11 is 0. The van der Waals surface area contributed by atoms with E-state index in [1.807, 2.05) is 31.2 Å². The minimum atomic E-state index is -0.839. The van der Waals surface area contributed by atoms with Gasteiger partial charge in [-0.15, -0.1) is 0 Å². The fourth-order valence-corrected chi connectivity index (χ4v) is 1.51. The van der Waals surface area contributed by atoms with E-state index in [0.29, 0.717) is 12.0 Å². The number of hydrogen-bond acceptors (Lipinski definition) is 2. The van der Waals surface area contributed by atoms with Gasteiger partial charge < -0.3 is 9.84 Å². The second kappa shape index (κ2) is 6.74. The van der Waals surface area contributed by atoms with Gasteiger partial charge in [0.25, 0.3) is 0 Å². The lowest BCUT2D eigenvalue weighted by molar-refractivity contribution is -0.132. The highest BCUT2D eigenvalue weighted by Gasteiger charge is 2.06. The first-order valence-electron chi connectivity index (χ1n) is 5.75. The van der Waals surface area contributed by atoms with Gasteiger partial charge in [-0.1, -0.05) is 25.5 Å². The maximum Gasteiger partial charge on any atom is 0.331 e. The third-order valence-electron chi connectivity index (χ3n) is 2.53. The molecule has 1 rings (SSSR count). The molecule has 0 aliphatic carbocycles. The summed E-state index contributed by atoms with van der Waals surface area (Å²) in [6.07, 6.45) is 4.22. The monoisotopic (exact) mass is 234 g/mol. The summed E-state index contributed by atoms with van der Waals surface area (Å²) in [4.78, 5) is 11.0. The molecule has 0 atom stereocenters. The molecule has 1 aromatic carbocycles. The van der Waals surface area contributed by atoms with Crippen LogP contribution in [0.5, 0.6) is 5.75 Å². The van der Waals surface area contributed by atoms with Gasteiger partial charge in [0.15, 0.2) is 0 Å². The topological polar surface area (TPSA) is 46.5 Å². The molecular formula is C14H18O3. The van der Waals surface area contributed by atoms with Crippen molar-refractivity contribution in [3.63, 3.8) is 0 Å². The Kier molecular flexibility index (Phi) is 5.27. The Balaban J connectivity index is 2.84. The summed E-state index contributed by atoms with van der Waals surface area (Å²) in [5, 5.41) is 9.07. The molecule has 1 aromatic rings. The van der Waals surface area contributed by atoms with Crippen molar-refractivity contribution in [2.45, 2.75) is 26.2 Å². The second-order valence-electron chi connectivity index (χ2n) is 3.85. The van der Waals surface area contributed by atoms with Crippen molar-refractivity contribution in [3.8, 4) is 5.75 Å². The Bertz CT molecular complexity index is 390. The molecule has 0 aliphatic rings. The van der Waals surface area contributed by atoms with Crippen molar-refractivity contribution >= 4 is 12.0 Å². The molecule has 0 aliphatic heterocycles. The maximum absolute atomic E-state index is 11.0. The standard InChI is InChI=1S/C14H18O3/c1-3-4-5-12(14(15)16)10-11-6-8-13(17-2)9-7-11/h6-10H,3-5H2,1-2H3,(H,15,16)/b12-10+. The molecule has 17 heavy (non-hydrogen) atoms. The second-order valence-corrected chi connectivity index (χ2v) is 3.85. The van der Waals surface area contributed by atoms with Crippen LogP contribution in [0.25, 0.3) is 6.08 Å². The lowest BCUT2D eigenvalue weighted by Gasteiger charge is -2.03. The quantitative estimate of drug-likeness (QED) is 0.768. The number of unbranched alkanes of at least 4 members (excludes halogenated alkanes) is 1. The highest BCUT2D eigenvalue weighted by Crippen LogP contribution is 2.16. The average molecular weight is 234 g/mol. The zero-order valence-electron chi connectivity index (χ0n) is 10.3. The maximum atomic E-state index is 11.0. The first kappa shape index (κ1) is 13.3. The average Bonchev–Trinajstić information content (AvgIpc) is 2.35. The van der Waals surface area contributed by atoms with Crippen molar-refractivity contribution < 1.29 is 14.6 Å². The van der Waals surface area contributed by atoms with Crippen LogP contribution < -0.4 is 4.74 Å². The van der Waals surface area contributed by atoms with Gasteiger partial charge in [0.1, 0.15) is 5.75 Å². The van der Waals surface area contributed by atoms with Crippen molar-refractivity contribution in [1.82, 2.24) is 0 Å². The van der Waals surface area contributed by atoms with Crippen molar-refractivity contribution in [1.29, 1.82) is 0 Å². The molecule has 0 unspecified atom stereocenters. The van der Waals surface area contributed by atoms with Crippen molar-refractivity contribution in [2.24, 2.45) is 0 Å². The van der Waals surface area contributed by atoms with Crippen LogP contribution in [0.4, 0.5) is 0 Å². The lowest BCUT2D eigenvalue weighted by atomic mass is 10.1. The zero-order chi connectivity index (χ0) is 12.7. The van der Waals surface area contributed by atoms with Crippen LogP contribution in [-0.2, 0) is 4.79 Å². The van der Waals surface area contributed by atoms with Crippen LogP contribution in [0.3, 0.4) is 0 Å². The molecule has 0 spiro atoms. The molecule has 0 radical (unpaired) electrons. The normalized spacial score (nSPS) is 11.3. The fraction of sp³-hybridized carbons (Fsp3) is 0.357. The minimum absolute atomic E-state index is 0.456. The van der Waals surface area contributed by atoms with Gasteiger partial charge in [0.2, 0.25) is 0 Å². The van der Waals surface area contributed by atoms with Gasteiger partial charge in [-0.05, 0) is 36.6 Å². The number of benzene rings is 1. The van der Waals surface area contributed by atoms with Crippen LogP contribution in [0, 0.1) is 0 Å². The number of rotatable bonds is 6. The molecule has 0 heterocycles. The van der Waals surface area contributed by atoms with Crippen molar-refractivity contribution in [2.75, 3.05) is 7.11 Å². The highest BCUT2D eigenvalue weighted by molar-refractivity contribution is 5.92. The lowest BCUT2D eigenvalue weighted by Crippen LogP contribution is -2.00. The van der Waals surface area contributed by atoms with Crippen LogP contribution in [0.2, 0.25) is 0 Å². The highest BCUT2D eigenvalue weighted by atomic mass is 16.5. The summed E-state index contributed by atoms with van der Waals surface area (Å²) in [6.45, 7) is 2.05. The predicted octanol–water partition coefficient (Wildman–Crippen LogP) is 3.35. The first-order valence-corrected chi connectivity index (χ1v) is 5.75. The van der Waals surface area contributed by atoms with E-state index in [2.05, 4.69) is 0 Å². The molecule has 0 aromatic heterocycles. The molecule has 0 bridgehead atoms. The number of carboxylic acids is 1. The Morgan fingerprint density at radius 2 is 2.00 bits per heavy atom. The van der Waals surface area contributed by atoms with E-state index in [9.17, 15) is 4.79 Å². The van der Waals surface area contributed by atoms with E-state index in [0.717, 1.165) is 24.2 Å². The number of carboxylic acid groups (broad SMARTS) is 1. The molecule has 1 N–H and O–H groups in total. The predicted molar refractivity (Wildman–Crippen MR) is 68.1 cm³/mol. The van der Waals surface area contributed by atoms with Gasteiger partial charge in [-0.2, -0.15) is 0 Å². The Morgan fingerprint density at radius 3 is 2.47 bits per heavy atom. The van der Waals surface area contributed by atoms with Crippen LogP contribution >= 0.6 is 0 Å². The SMILES string of the molecule is CCCC/C(=C\c1ccc(OC)cc1)C(=O)O. The van der Waals surface area contributed by atoms with E-state index in [1.165, 1.54) is 0 Å². The van der Waals surface area contributed by atoms with Gasteiger partial charge in [-0.3, -0.25) is 0 Å². The van der Waals surface area contributed by atoms with Gasteiger partial charge in [-0.25, -0.2) is 4.79 Å². The molecule has 0 amide bonds. The van der Waals surface area contributed by atoms with Gasteiger partial charge >= 0.3 is 5.97 Å². The van der Waals surface area contributed by atoms with E-state index >= 15 is 0 Å². The number of aliphatic carboxylic acids is 1. The van der Waals surface area contributed by atoms with Gasteiger partial charge in [0.05, 0.1) is 7.11 Å². The molecule has 0 saturated carbocycles. The van der Waals surface area contributed by atoms with Crippen molar-refractivity contribution in [3.05, 3.63) is 35.4 Å².